The minimum absolute atomic E-state index is 0.150. The van der Waals surface area contributed by atoms with Crippen LogP contribution in [0.5, 0.6) is 0 Å². The second kappa shape index (κ2) is 6.90. The Morgan fingerprint density at radius 3 is 2.94 bits per heavy atom. The van der Waals surface area contributed by atoms with Crippen LogP contribution in [0.2, 0.25) is 0 Å². The molecule has 100 valence electrons. The van der Waals surface area contributed by atoms with Gasteiger partial charge in [0.25, 0.3) is 0 Å². The zero-order chi connectivity index (χ0) is 13.5. The van der Waals surface area contributed by atoms with Crippen LogP contribution in [0.15, 0.2) is 12.3 Å². The molecule has 1 aromatic heterocycles. The SMILES string of the molecule is CC(C)COCCNc1ncc(F)cc1C(=O)O. The van der Waals surface area contributed by atoms with Gasteiger partial charge in [-0.3, -0.25) is 0 Å². The van der Waals surface area contributed by atoms with Gasteiger partial charge in [-0.25, -0.2) is 14.2 Å². The van der Waals surface area contributed by atoms with Crippen LogP contribution in [0.3, 0.4) is 0 Å². The third kappa shape index (κ3) is 4.67. The van der Waals surface area contributed by atoms with Crippen LogP contribution in [0.1, 0.15) is 24.2 Å². The minimum Gasteiger partial charge on any atom is -0.478 e. The third-order valence-electron chi connectivity index (χ3n) is 2.07. The van der Waals surface area contributed by atoms with E-state index in [0.29, 0.717) is 25.7 Å². The maximum Gasteiger partial charge on any atom is 0.339 e. The van der Waals surface area contributed by atoms with Gasteiger partial charge in [0, 0.05) is 13.2 Å². The number of pyridine rings is 1. The molecular weight excluding hydrogens is 239 g/mol. The lowest BCUT2D eigenvalue weighted by Gasteiger charge is -2.10. The fourth-order valence-electron chi connectivity index (χ4n) is 1.30. The van der Waals surface area contributed by atoms with Crippen molar-refractivity contribution in [2.75, 3.05) is 25.1 Å². The predicted octanol–water partition coefficient (Wildman–Crippen LogP) is 2.00. The van der Waals surface area contributed by atoms with Crippen LogP contribution in [-0.2, 0) is 4.74 Å². The topological polar surface area (TPSA) is 71.5 Å². The zero-order valence-corrected chi connectivity index (χ0v) is 10.4. The Morgan fingerprint density at radius 1 is 1.61 bits per heavy atom. The summed E-state index contributed by atoms with van der Waals surface area (Å²) >= 11 is 0. The number of carbonyl (C=O) groups is 1. The molecule has 0 radical (unpaired) electrons. The van der Waals surface area contributed by atoms with E-state index in [1.165, 1.54) is 0 Å². The number of carboxylic acid groups (broad SMARTS) is 1. The molecule has 0 unspecified atom stereocenters. The number of ether oxygens (including phenoxy) is 1. The average molecular weight is 256 g/mol. The number of aromatic carboxylic acids is 1. The Balaban J connectivity index is 2.49. The van der Waals surface area contributed by atoms with Crippen LogP contribution in [-0.4, -0.2) is 35.8 Å². The van der Waals surface area contributed by atoms with E-state index in [9.17, 15) is 9.18 Å². The number of hydrogen-bond donors (Lipinski definition) is 2. The number of nitrogens with one attached hydrogen (secondary N) is 1. The molecule has 0 amide bonds. The molecule has 6 heteroatoms. The van der Waals surface area contributed by atoms with Gasteiger partial charge in [-0.1, -0.05) is 13.8 Å². The molecule has 18 heavy (non-hydrogen) atoms. The number of halogens is 1. The summed E-state index contributed by atoms with van der Waals surface area (Å²) in [6.45, 7) is 5.58. The standard InChI is InChI=1S/C12H17FN2O3/c1-8(2)7-18-4-3-14-11-10(12(16)17)5-9(13)6-15-11/h5-6,8H,3-4,7H2,1-2H3,(H,14,15)(H,16,17). The summed E-state index contributed by atoms with van der Waals surface area (Å²) in [5, 5.41) is 11.7. The van der Waals surface area contributed by atoms with Crippen LogP contribution in [0, 0.1) is 11.7 Å². The van der Waals surface area contributed by atoms with Gasteiger partial charge in [0.05, 0.1) is 12.8 Å². The summed E-state index contributed by atoms with van der Waals surface area (Å²) in [7, 11) is 0. The highest BCUT2D eigenvalue weighted by atomic mass is 19.1. The molecule has 1 heterocycles. The summed E-state index contributed by atoms with van der Waals surface area (Å²) in [5.74, 6) is -1.29. The second-order valence-electron chi connectivity index (χ2n) is 4.25. The fourth-order valence-corrected chi connectivity index (χ4v) is 1.30. The lowest BCUT2D eigenvalue weighted by Crippen LogP contribution is -2.15. The maximum atomic E-state index is 12.9. The molecule has 0 spiro atoms. The first kappa shape index (κ1) is 14.4. The molecule has 1 aromatic rings. The van der Waals surface area contributed by atoms with E-state index >= 15 is 0 Å². The van der Waals surface area contributed by atoms with Crippen molar-refractivity contribution in [1.29, 1.82) is 0 Å². The Hall–Kier alpha value is -1.69. The van der Waals surface area contributed by atoms with Crippen molar-refractivity contribution in [2.24, 2.45) is 5.92 Å². The Kier molecular flexibility index (Phi) is 5.51. The minimum atomic E-state index is -1.22. The Bertz CT molecular complexity index is 410. The highest BCUT2D eigenvalue weighted by molar-refractivity contribution is 5.93. The number of nitrogens with zero attached hydrogens (tertiary/aromatic N) is 1. The number of carboxylic acids is 1. The summed E-state index contributed by atoms with van der Waals surface area (Å²) < 4.78 is 18.2. The van der Waals surface area contributed by atoms with Crippen LogP contribution >= 0.6 is 0 Å². The van der Waals surface area contributed by atoms with Gasteiger partial charge in [-0.2, -0.15) is 0 Å². The summed E-state index contributed by atoms with van der Waals surface area (Å²) in [6.07, 6.45) is 0.976. The van der Waals surface area contributed by atoms with Gasteiger partial charge >= 0.3 is 5.97 Å². The highest BCUT2D eigenvalue weighted by Gasteiger charge is 2.12. The molecule has 0 atom stereocenters. The number of anilines is 1. The molecule has 0 fully saturated rings. The van der Waals surface area contributed by atoms with Crippen LogP contribution in [0.25, 0.3) is 0 Å². The molecule has 0 aliphatic rings. The highest BCUT2D eigenvalue weighted by Crippen LogP contribution is 2.13. The average Bonchev–Trinajstić information content (AvgIpc) is 2.29. The molecule has 1 rings (SSSR count). The van der Waals surface area contributed by atoms with Gasteiger partial charge in [0.1, 0.15) is 17.2 Å². The molecule has 0 bridgehead atoms. The molecular formula is C12H17FN2O3. The van der Waals surface area contributed by atoms with Crippen LogP contribution in [0.4, 0.5) is 10.2 Å². The van der Waals surface area contributed by atoms with E-state index in [1.807, 2.05) is 13.8 Å². The molecule has 5 nitrogen and oxygen atoms in total. The maximum absolute atomic E-state index is 12.9. The van der Waals surface area contributed by atoms with Crippen molar-refractivity contribution in [2.45, 2.75) is 13.8 Å². The summed E-state index contributed by atoms with van der Waals surface area (Å²) in [4.78, 5) is 14.6. The third-order valence-corrected chi connectivity index (χ3v) is 2.07. The van der Waals surface area contributed by atoms with E-state index in [1.54, 1.807) is 0 Å². The monoisotopic (exact) mass is 256 g/mol. The molecule has 0 saturated carbocycles. The van der Waals surface area contributed by atoms with E-state index in [-0.39, 0.29) is 11.4 Å². The van der Waals surface area contributed by atoms with Gasteiger partial charge in [-0.15, -0.1) is 0 Å². The van der Waals surface area contributed by atoms with Gasteiger partial charge in [0.15, 0.2) is 0 Å². The quantitative estimate of drug-likeness (QED) is 0.730. The van der Waals surface area contributed by atoms with E-state index in [0.717, 1.165) is 12.3 Å². The zero-order valence-electron chi connectivity index (χ0n) is 10.4. The van der Waals surface area contributed by atoms with Gasteiger partial charge < -0.3 is 15.2 Å². The lowest BCUT2D eigenvalue weighted by molar-refractivity contribution is 0.0696. The van der Waals surface area contributed by atoms with Crippen molar-refractivity contribution in [1.82, 2.24) is 4.98 Å². The summed E-state index contributed by atoms with van der Waals surface area (Å²) in [6, 6.07) is 0.937. The normalized spacial score (nSPS) is 10.7. The first-order valence-electron chi connectivity index (χ1n) is 5.71. The van der Waals surface area contributed by atoms with Crippen molar-refractivity contribution >= 4 is 11.8 Å². The second-order valence-corrected chi connectivity index (χ2v) is 4.25. The molecule has 0 aromatic carbocycles. The summed E-state index contributed by atoms with van der Waals surface area (Å²) in [5.41, 5.74) is -0.182. The van der Waals surface area contributed by atoms with Gasteiger partial charge in [0.2, 0.25) is 0 Å². The number of hydrogen-bond acceptors (Lipinski definition) is 4. The van der Waals surface area contributed by atoms with Gasteiger partial charge in [-0.05, 0) is 12.0 Å². The predicted molar refractivity (Wildman–Crippen MR) is 65.3 cm³/mol. The number of aromatic nitrogens is 1. The van der Waals surface area contributed by atoms with Crippen molar-refractivity contribution < 1.29 is 19.0 Å². The van der Waals surface area contributed by atoms with E-state index in [4.69, 9.17) is 9.84 Å². The van der Waals surface area contributed by atoms with Crippen molar-refractivity contribution in [3.63, 3.8) is 0 Å². The van der Waals surface area contributed by atoms with Crippen molar-refractivity contribution in [3.8, 4) is 0 Å². The first-order valence-corrected chi connectivity index (χ1v) is 5.71. The smallest absolute Gasteiger partial charge is 0.339 e. The Morgan fingerprint density at radius 2 is 2.33 bits per heavy atom. The molecule has 0 aliphatic carbocycles. The molecule has 0 saturated heterocycles. The van der Waals surface area contributed by atoms with E-state index < -0.39 is 11.8 Å². The Labute approximate surface area is 105 Å². The molecule has 2 N–H and O–H groups in total. The number of rotatable bonds is 7. The molecule has 0 aliphatic heterocycles. The largest absolute Gasteiger partial charge is 0.478 e. The fraction of sp³-hybridized carbons (Fsp3) is 0.500. The van der Waals surface area contributed by atoms with E-state index in [2.05, 4.69) is 10.3 Å². The lowest BCUT2D eigenvalue weighted by atomic mass is 10.2. The first-order chi connectivity index (χ1) is 8.50. The van der Waals surface area contributed by atoms with Crippen LogP contribution < -0.4 is 5.32 Å². The van der Waals surface area contributed by atoms with Crippen molar-refractivity contribution in [3.05, 3.63) is 23.6 Å².